The first-order valence-corrected chi connectivity index (χ1v) is 13.0. The molecule has 0 atom stereocenters. The highest BCUT2D eigenvalue weighted by Crippen LogP contribution is 2.63. The number of aryl methyl sites for hydroxylation is 1. The number of amides is 1. The largest absolute Gasteiger partial charge is 0.379 e. The molecule has 1 N–H and O–H groups in total. The van der Waals surface area contributed by atoms with Crippen LogP contribution in [0.1, 0.15) is 10.4 Å². The number of hydrogen-bond acceptors (Lipinski definition) is 6. The summed E-state index contributed by atoms with van der Waals surface area (Å²) in [6.45, 7) is 0. The minimum absolute atomic E-state index is 0.0131. The molecule has 1 saturated heterocycles. The van der Waals surface area contributed by atoms with E-state index in [1.807, 2.05) is 36.0 Å². The Hall–Kier alpha value is -3.29. The van der Waals surface area contributed by atoms with Gasteiger partial charge in [-0.2, -0.15) is 0 Å². The summed E-state index contributed by atoms with van der Waals surface area (Å²) in [7, 11) is 20.3. The molecule has 16 heteroatoms. The second-order valence-electron chi connectivity index (χ2n) is 12.4. The van der Waals surface area contributed by atoms with E-state index in [0.29, 0.717) is 11.4 Å². The summed E-state index contributed by atoms with van der Waals surface area (Å²) < 4.78 is 1.94. The molecule has 1 amide bonds. The van der Waals surface area contributed by atoms with Crippen molar-refractivity contribution in [3.05, 3.63) is 60.9 Å². The van der Waals surface area contributed by atoms with Gasteiger partial charge in [-0.25, -0.2) is 15.0 Å². The van der Waals surface area contributed by atoms with Crippen LogP contribution in [0.5, 0.6) is 0 Å². The Kier molecular flexibility index (Phi) is 5.97. The van der Waals surface area contributed by atoms with Crippen LogP contribution in [0.3, 0.4) is 0 Å². The maximum absolute atomic E-state index is 13.4. The molecule has 1 fully saturated rings. The van der Waals surface area contributed by atoms with E-state index >= 15 is 0 Å². The molecular weight excluding hydrogens is 465 g/mol. The quantitative estimate of drug-likeness (QED) is 0.287. The number of hydrogen-bond donors (Lipinski definition) is 1. The highest BCUT2D eigenvalue weighted by atomic mass is 16.1. The number of carbonyl (C=O) groups excluding carboxylic acids is 1. The van der Waals surface area contributed by atoms with Gasteiger partial charge in [-0.05, 0) is 34.9 Å². The van der Waals surface area contributed by atoms with Crippen LogP contribution >= 0.6 is 0 Å². The summed E-state index contributed by atoms with van der Waals surface area (Å²) in [5, 5.41) is 3.44. The Bertz CT molecular complexity index is 1550. The van der Waals surface area contributed by atoms with Crippen molar-refractivity contribution in [2.45, 2.75) is 21.1 Å². The molecule has 4 aromatic heterocycles. The molecule has 5 heterocycles. The molecule has 1 aliphatic rings. The van der Waals surface area contributed by atoms with Gasteiger partial charge in [0.1, 0.15) is 43.0 Å². The highest BCUT2D eigenvalue weighted by molar-refractivity contribution is 6.69. The fraction of sp³-hybridized carbons (Fsp3) is 0.227. The molecule has 0 bridgehead atoms. The zero-order valence-electron chi connectivity index (χ0n) is 23.8. The molecule has 8 nitrogen and oxygen atoms in total. The fourth-order valence-electron chi connectivity index (χ4n) is 6.11. The van der Waals surface area contributed by atoms with E-state index in [1.165, 1.54) is 0 Å². The van der Waals surface area contributed by atoms with Gasteiger partial charge >= 0.3 is 0 Å². The smallest absolute Gasteiger partial charge is 0.257 e. The maximum Gasteiger partial charge on any atom is 0.257 e. The van der Waals surface area contributed by atoms with E-state index in [-0.39, 0.29) is 27.0 Å². The number of anilines is 2. The Morgan fingerprint density at radius 2 is 1.55 bits per heavy atom. The predicted octanol–water partition coefficient (Wildman–Crippen LogP) is -4.90. The summed E-state index contributed by atoms with van der Waals surface area (Å²) in [4.78, 5) is 33.6. The van der Waals surface area contributed by atoms with Gasteiger partial charge in [0.25, 0.3) is 5.91 Å². The summed E-state index contributed by atoms with van der Waals surface area (Å²) in [5.41, 5.74) is 3.20. The average molecular weight is 494 g/mol. The van der Waals surface area contributed by atoms with Gasteiger partial charge in [0.05, 0.1) is 61.3 Å². The second-order valence-corrected chi connectivity index (χ2v) is 12.4. The van der Waals surface area contributed by atoms with E-state index in [2.05, 4.69) is 87.9 Å². The first-order chi connectivity index (χ1) is 17.7. The lowest BCUT2D eigenvalue weighted by Gasteiger charge is -2.46. The van der Waals surface area contributed by atoms with Gasteiger partial charge in [0.2, 0.25) is 0 Å². The lowest BCUT2D eigenvalue weighted by Crippen LogP contribution is -2.60. The number of carbonyl (C=O) groups is 1. The number of pyridine rings is 3. The molecule has 0 radical (unpaired) electrons. The molecule has 0 unspecified atom stereocenters. The third kappa shape index (κ3) is 3.75. The first-order valence-electron chi connectivity index (χ1n) is 13.0. The van der Waals surface area contributed by atoms with Gasteiger partial charge in [-0.1, -0.05) is 10.4 Å². The Labute approximate surface area is 230 Å². The van der Waals surface area contributed by atoms with Crippen LogP contribution in [0.15, 0.2) is 55.4 Å². The lowest BCUT2D eigenvalue weighted by molar-refractivity contribution is 0.102. The van der Waals surface area contributed by atoms with Crippen LogP contribution in [-0.2, 0) is 7.05 Å². The molecule has 5 rings (SSSR count). The van der Waals surface area contributed by atoms with Gasteiger partial charge < -0.3 is 14.8 Å². The zero-order chi connectivity index (χ0) is 27.7. The van der Waals surface area contributed by atoms with E-state index in [1.54, 1.807) is 31.0 Å². The maximum atomic E-state index is 13.4. The van der Waals surface area contributed by atoms with Crippen molar-refractivity contribution < 1.29 is 4.79 Å². The Morgan fingerprint density at radius 1 is 0.868 bits per heavy atom. The van der Waals surface area contributed by atoms with Crippen molar-refractivity contribution >= 4 is 91.2 Å². The number of imidazole rings is 1. The lowest BCUT2D eigenvalue weighted by atomic mass is 9.17. The number of nitrogens with one attached hydrogen (secondary N) is 1. The number of nitrogens with zero attached hydrogens (tertiary/aromatic N) is 6. The predicted molar refractivity (Wildman–Crippen MR) is 176 cm³/mol. The summed E-state index contributed by atoms with van der Waals surface area (Å²) in [5.74, 6) is 1.03. The van der Waals surface area contributed by atoms with Crippen LogP contribution in [0, 0.1) is 0 Å². The molecule has 0 saturated carbocycles. The molecule has 0 aliphatic carbocycles. The molecule has 38 heavy (non-hydrogen) atoms. The third-order valence-corrected chi connectivity index (χ3v) is 9.90. The average Bonchev–Trinajstić information content (AvgIpc) is 3.31. The molecular formula is C22H29B8N7O. The van der Waals surface area contributed by atoms with Crippen LogP contribution in [0.2, 0.25) is 10.4 Å². The number of rotatable bonds is 4. The standard InChI is InChI=1S/C22H29B8N7O/c1-36-10-31-9-15(36)13-4-12-5-16(34-8-14(12)33-7-13)35-18(38)11-2-3-32-17(6-11)37-21(27,28)19(23,24)20(25,26)22(37,29)30/h2-10H,23-30H2,1H3,(H,34,35,38). The van der Waals surface area contributed by atoms with Gasteiger partial charge in [-0.15, -0.1) is 0 Å². The Balaban J connectivity index is 1.45. The normalized spacial score (nSPS) is 18.8. The van der Waals surface area contributed by atoms with Crippen LogP contribution in [-0.4, -0.2) is 104 Å². The van der Waals surface area contributed by atoms with Gasteiger partial charge in [0, 0.05) is 36.0 Å². The minimum atomic E-state index is -0.232. The van der Waals surface area contributed by atoms with Crippen molar-refractivity contribution in [2.24, 2.45) is 7.05 Å². The van der Waals surface area contributed by atoms with Crippen molar-refractivity contribution in [1.29, 1.82) is 0 Å². The highest BCUT2D eigenvalue weighted by Gasteiger charge is 2.65. The molecule has 182 valence electrons. The Morgan fingerprint density at radius 3 is 2.18 bits per heavy atom. The van der Waals surface area contributed by atoms with E-state index in [9.17, 15) is 4.79 Å². The van der Waals surface area contributed by atoms with E-state index < -0.39 is 0 Å². The zero-order valence-corrected chi connectivity index (χ0v) is 23.8. The molecule has 1 aliphatic heterocycles. The van der Waals surface area contributed by atoms with Crippen LogP contribution in [0.4, 0.5) is 11.6 Å². The molecule has 0 spiro atoms. The van der Waals surface area contributed by atoms with Gasteiger partial charge in [0.15, 0.2) is 0 Å². The second kappa shape index (κ2) is 8.61. The van der Waals surface area contributed by atoms with Crippen molar-refractivity contribution in [1.82, 2.24) is 24.5 Å². The SMILES string of the molecule is BC1(B)N(c2cc(C(=O)Nc3cc4cc(-c5cncn5C)cnc4cn3)ccn2)C(B)(B)C(B)(B)C1(B)B. The topological polar surface area (TPSA) is 88.8 Å². The van der Waals surface area contributed by atoms with Crippen LogP contribution < -0.4 is 10.2 Å². The summed E-state index contributed by atoms with van der Waals surface area (Å²) in [6.07, 6.45) is 8.76. The molecule has 0 aromatic carbocycles. The van der Waals surface area contributed by atoms with Crippen molar-refractivity contribution in [2.75, 3.05) is 10.2 Å². The van der Waals surface area contributed by atoms with Crippen molar-refractivity contribution in [3.8, 4) is 11.3 Å². The third-order valence-electron chi connectivity index (χ3n) is 9.90. The monoisotopic (exact) mass is 495 g/mol. The van der Waals surface area contributed by atoms with Crippen LogP contribution in [0.25, 0.3) is 22.2 Å². The summed E-state index contributed by atoms with van der Waals surface area (Å²) >= 11 is 0. The number of fused-ring (bicyclic) bond motifs is 1. The summed E-state index contributed by atoms with van der Waals surface area (Å²) in [6, 6.07) is 7.51. The minimum Gasteiger partial charge on any atom is -0.379 e. The number of aromatic nitrogens is 5. The first kappa shape index (κ1) is 26.3. The fourth-order valence-corrected chi connectivity index (χ4v) is 6.11. The van der Waals surface area contributed by atoms with E-state index in [0.717, 1.165) is 28.0 Å². The van der Waals surface area contributed by atoms with Gasteiger partial charge in [-0.3, -0.25) is 9.78 Å². The van der Waals surface area contributed by atoms with E-state index in [4.69, 9.17) is 4.98 Å². The molecule has 4 aromatic rings. The van der Waals surface area contributed by atoms with Crippen molar-refractivity contribution in [3.63, 3.8) is 0 Å².